The summed E-state index contributed by atoms with van der Waals surface area (Å²) in [4.78, 5) is 33.2. The normalized spacial score (nSPS) is 18.4. The molecule has 4 heterocycles. The molecule has 1 aliphatic heterocycles. The van der Waals surface area contributed by atoms with Crippen LogP contribution in [0.25, 0.3) is 11.0 Å². The lowest BCUT2D eigenvalue weighted by Crippen LogP contribution is -2.58. The number of nitrogens with one attached hydrogen (secondary N) is 1. The highest BCUT2D eigenvalue weighted by molar-refractivity contribution is 9.10. The van der Waals surface area contributed by atoms with Crippen LogP contribution in [0.2, 0.25) is 25.7 Å². The van der Waals surface area contributed by atoms with Crippen molar-refractivity contribution in [1.29, 1.82) is 0 Å². The van der Waals surface area contributed by atoms with Crippen molar-refractivity contribution >= 4 is 52.9 Å². The molecular formula is C24H35BrN8O3Si. The molecule has 0 spiro atoms. The van der Waals surface area contributed by atoms with Gasteiger partial charge in [-0.25, -0.2) is 24.7 Å². The summed E-state index contributed by atoms with van der Waals surface area (Å²) in [5.41, 5.74) is 1.60. The van der Waals surface area contributed by atoms with E-state index in [2.05, 4.69) is 55.8 Å². The quantitative estimate of drug-likeness (QED) is 0.274. The van der Waals surface area contributed by atoms with E-state index < -0.39 is 14.2 Å². The minimum absolute atomic E-state index is 0.151. The third kappa shape index (κ3) is 6.57. The van der Waals surface area contributed by atoms with Gasteiger partial charge in [-0.3, -0.25) is 4.90 Å². The third-order valence-corrected chi connectivity index (χ3v) is 8.70. The molecule has 11 nitrogen and oxygen atoms in total. The molecule has 1 aliphatic rings. The van der Waals surface area contributed by atoms with E-state index in [0.717, 1.165) is 33.9 Å². The molecule has 1 saturated heterocycles. The fourth-order valence-corrected chi connectivity index (χ4v) is 5.89. The molecule has 3 aromatic heterocycles. The number of carbonyl (C=O) groups is 1. The van der Waals surface area contributed by atoms with Crippen molar-refractivity contribution in [1.82, 2.24) is 29.4 Å². The molecule has 0 bridgehead atoms. The number of anilines is 2. The molecule has 0 unspecified atom stereocenters. The Kier molecular flexibility index (Phi) is 8.34. The van der Waals surface area contributed by atoms with E-state index in [0.29, 0.717) is 38.1 Å². The highest BCUT2D eigenvalue weighted by atomic mass is 79.9. The van der Waals surface area contributed by atoms with Gasteiger partial charge in [0, 0.05) is 44.6 Å². The molecule has 0 aromatic carbocycles. The van der Waals surface area contributed by atoms with E-state index in [1.165, 1.54) is 4.90 Å². The maximum atomic E-state index is 11.6. The van der Waals surface area contributed by atoms with Crippen LogP contribution in [0, 0.1) is 0 Å². The summed E-state index contributed by atoms with van der Waals surface area (Å²) in [6, 6.07) is 2.68. The fourth-order valence-electron chi connectivity index (χ4n) is 4.52. The van der Waals surface area contributed by atoms with Crippen molar-refractivity contribution < 1.29 is 14.6 Å². The van der Waals surface area contributed by atoms with E-state index in [4.69, 9.17) is 9.72 Å². The van der Waals surface area contributed by atoms with Crippen molar-refractivity contribution in [3.05, 3.63) is 35.0 Å². The summed E-state index contributed by atoms with van der Waals surface area (Å²) >= 11 is 3.66. The van der Waals surface area contributed by atoms with Gasteiger partial charge in [-0.05, 0) is 41.9 Å². The van der Waals surface area contributed by atoms with Gasteiger partial charge in [-0.2, -0.15) is 0 Å². The first-order valence-corrected chi connectivity index (χ1v) is 16.9. The second-order valence-electron chi connectivity index (χ2n) is 10.7. The molecule has 0 radical (unpaired) electrons. The number of piperazine rings is 1. The summed E-state index contributed by atoms with van der Waals surface area (Å²) in [7, 11) is -1.14. The van der Waals surface area contributed by atoms with Crippen LogP contribution < -0.4 is 10.2 Å². The molecule has 2 atom stereocenters. The van der Waals surface area contributed by atoms with Gasteiger partial charge in [0.1, 0.15) is 24.5 Å². The van der Waals surface area contributed by atoms with E-state index >= 15 is 0 Å². The van der Waals surface area contributed by atoms with Gasteiger partial charge in [0.2, 0.25) is 5.95 Å². The van der Waals surface area contributed by atoms with Gasteiger partial charge in [-0.1, -0.05) is 19.6 Å². The molecular weight excluding hydrogens is 556 g/mol. The maximum Gasteiger partial charge on any atom is 0.407 e. The summed E-state index contributed by atoms with van der Waals surface area (Å²) in [6.07, 6.45) is 4.36. The Bertz CT molecular complexity index is 1240. The molecule has 2 N–H and O–H groups in total. The molecule has 37 heavy (non-hydrogen) atoms. The van der Waals surface area contributed by atoms with Gasteiger partial charge in [0.15, 0.2) is 0 Å². The number of aromatic nitrogens is 5. The molecule has 0 saturated carbocycles. The smallest absolute Gasteiger partial charge is 0.407 e. The number of hydrogen-bond acceptors (Lipinski definition) is 8. The van der Waals surface area contributed by atoms with Crippen molar-refractivity contribution in [2.24, 2.45) is 0 Å². The summed E-state index contributed by atoms with van der Waals surface area (Å²) in [5.74, 6) is 1.30. The van der Waals surface area contributed by atoms with Crippen molar-refractivity contribution in [2.75, 3.05) is 29.9 Å². The molecule has 3 aromatic rings. The predicted molar refractivity (Wildman–Crippen MR) is 150 cm³/mol. The Labute approximate surface area is 226 Å². The lowest BCUT2D eigenvalue weighted by molar-refractivity contribution is 0.0898. The standard InChI is InChI=1S/C24H35BrN8O3Si/c1-16-11-31(12-17(2)33(16)24(34)35)23-26-7-6-18(30-23)10-27-21-20-19(25)13-32(22(20)29-14-28-21)15-36-8-9-37(3,4)5/h6-7,13-14,16-17H,8-12,15H2,1-5H3,(H,34,35)(H,27,28,29)/t16-,17+. The molecule has 1 amide bonds. The Hall–Kier alpha value is -2.77. The average Bonchev–Trinajstić information content (AvgIpc) is 3.15. The summed E-state index contributed by atoms with van der Waals surface area (Å²) in [5, 5.41) is 13.8. The van der Waals surface area contributed by atoms with Gasteiger partial charge in [0.05, 0.1) is 29.7 Å². The van der Waals surface area contributed by atoms with Gasteiger partial charge < -0.3 is 24.6 Å². The first-order valence-electron chi connectivity index (χ1n) is 12.4. The van der Waals surface area contributed by atoms with Crippen LogP contribution in [-0.4, -0.2) is 80.5 Å². The number of carboxylic acid groups (broad SMARTS) is 1. The molecule has 13 heteroatoms. The summed E-state index contributed by atoms with van der Waals surface area (Å²) < 4.78 is 8.81. The van der Waals surface area contributed by atoms with Crippen LogP contribution in [0.15, 0.2) is 29.3 Å². The number of rotatable bonds is 9. The number of ether oxygens (including phenoxy) is 1. The Balaban J connectivity index is 1.44. The lowest BCUT2D eigenvalue weighted by Gasteiger charge is -2.42. The Morgan fingerprint density at radius 1 is 1.22 bits per heavy atom. The van der Waals surface area contributed by atoms with Crippen LogP contribution >= 0.6 is 15.9 Å². The molecule has 0 aliphatic carbocycles. The van der Waals surface area contributed by atoms with E-state index in [1.54, 1.807) is 12.5 Å². The van der Waals surface area contributed by atoms with Gasteiger partial charge in [-0.15, -0.1) is 0 Å². The molecule has 1 fully saturated rings. The highest BCUT2D eigenvalue weighted by Gasteiger charge is 2.33. The van der Waals surface area contributed by atoms with E-state index in [1.807, 2.05) is 35.6 Å². The highest BCUT2D eigenvalue weighted by Crippen LogP contribution is 2.30. The van der Waals surface area contributed by atoms with Gasteiger partial charge in [0.25, 0.3) is 0 Å². The average molecular weight is 592 g/mol. The van der Waals surface area contributed by atoms with Crippen LogP contribution in [-0.2, 0) is 18.0 Å². The largest absolute Gasteiger partial charge is 0.465 e. The molecule has 4 rings (SSSR count). The van der Waals surface area contributed by atoms with Crippen molar-refractivity contribution in [3.8, 4) is 0 Å². The Morgan fingerprint density at radius 2 is 1.95 bits per heavy atom. The third-order valence-electron chi connectivity index (χ3n) is 6.39. The zero-order valence-corrected chi connectivity index (χ0v) is 24.6. The molecule has 200 valence electrons. The van der Waals surface area contributed by atoms with Crippen LogP contribution in [0.3, 0.4) is 0 Å². The SMILES string of the molecule is C[C@@H]1CN(c2nccc(CNc3ncnc4c3c(Br)cn4COCC[Si](C)(C)C)n2)C[C@H](C)N1C(=O)O. The van der Waals surface area contributed by atoms with E-state index in [-0.39, 0.29) is 12.1 Å². The second-order valence-corrected chi connectivity index (χ2v) is 17.2. The Morgan fingerprint density at radius 3 is 2.62 bits per heavy atom. The minimum Gasteiger partial charge on any atom is -0.465 e. The maximum absolute atomic E-state index is 11.6. The first kappa shape index (κ1) is 27.3. The van der Waals surface area contributed by atoms with Crippen LogP contribution in [0.4, 0.5) is 16.6 Å². The second kappa shape index (κ2) is 11.3. The van der Waals surface area contributed by atoms with Crippen molar-refractivity contribution in [2.45, 2.75) is 64.9 Å². The zero-order chi connectivity index (χ0) is 26.7. The summed E-state index contributed by atoms with van der Waals surface area (Å²) in [6.45, 7) is 13.5. The zero-order valence-electron chi connectivity index (χ0n) is 22.0. The van der Waals surface area contributed by atoms with Crippen molar-refractivity contribution in [3.63, 3.8) is 0 Å². The van der Waals surface area contributed by atoms with Gasteiger partial charge >= 0.3 is 6.09 Å². The van der Waals surface area contributed by atoms with E-state index in [9.17, 15) is 9.90 Å². The lowest BCUT2D eigenvalue weighted by atomic mass is 10.1. The number of fused-ring (bicyclic) bond motifs is 1. The predicted octanol–water partition coefficient (Wildman–Crippen LogP) is 4.49. The number of halogens is 1. The number of nitrogens with zero attached hydrogens (tertiary/aromatic N) is 7. The number of amides is 1. The topological polar surface area (TPSA) is 122 Å². The minimum atomic E-state index is -1.14. The van der Waals surface area contributed by atoms with Crippen LogP contribution in [0.1, 0.15) is 19.5 Å². The fraction of sp³-hybridized carbons (Fsp3) is 0.542. The van der Waals surface area contributed by atoms with Crippen LogP contribution in [0.5, 0.6) is 0 Å². The first-order chi connectivity index (χ1) is 17.5. The monoisotopic (exact) mass is 590 g/mol. The number of hydrogen-bond donors (Lipinski definition) is 2.